The number of benzene rings is 1. The summed E-state index contributed by atoms with van der Waals surface area (Å²) in [6, 6.07) is 5.01. The summed E-state index contributed by atoms with van der Waals surface area (Å²) >= 11 is 9.03. The number of alkyl halides is 1. The Bertz CT molecular complexity index is 315. The van der Waals surface area contributed by atoms with Gasteiger partial charge >= 0.3 is 0 Å². The van der Waals surface area contributed by atoms with E-state index in [1.165, 1.54) is 0 Å². The molecule has 1 aromatic carbocycles. The molecule has 0 unspecified atom stereocenters. The van der Waals surface area contributed by atoms with E-state index in [0.29, 0.717) is 22.9 Å². The minimum atomic E-state index is 0.493. The normalized spacial score (nSPS) is 9.86. The highest BCUT2D eigenvalue weighted by atomic mass is 79.9. The molecule has 0 fully saturated rings. The average molecular weight is 278 g/mol. The minimum Gasteiger partial charge on any atom is -0.493 e. The van der Waals surface area contributed by atoms with Crippen molar-refractivity contribution < 1.29 is 9.53 Å². The molecule has 0 saturated heterocycles. The summed E-state index contributed by atoms with van der Waals surface area (Å²) in [5.41, 5.74) is 0.493. The first-order valence-electron chi connectivity index (χ1n) is 4.21. The summed E-state index contributed by atoms with van der Waals surface area (Å²) in [5.74, 6) is 0.588. The van der Waals surface area contributed by atoms with Crippen molar-refractivity contribution in [2.24, 2.45) is 0 Å². The predicted octanol–water partition coefficient (Wildman–Crippen LogP) is 3.32. The van der Waals surface area contributed by atoms with Crippen LogP contribution in [0.25, 0.3) is 0 Å². The molecule has 0 heterocycles. The Morgan fingerprint density at radius 2 is 2.29 bits per heavy atom. The van der Waals surface area contributed by atoms with Crippen LogP contribution in [0.5, 0.6) is 5.75 Å². The van der Waals surface area contributed by atoms with E-state index in [2.05, 4.69) is 15.9 Å². The first-order valence-corrected chi connectivity index (χ1v) is 5.71. The fourth-order valence-electron chi connectivity index (χ4n) is 0.980. The second kappa shape index (κ2) is 6.04. The molecule has 0 N–H and O–H groups in total. The standard InChI is InChI=1S/C10H10BrClO2/c11-4-1-5-14-10-3-2-9(12)6-8(10)7-13/h2-3,6-7H,1,4-5H2. The highest BCUT2D eigenvalue weighted by molar-refractivity contribution is 9.09. The molecule has 0 aliphatic heterocycles. The molecule has 0 atom stereocenters. The first kappa shape index (κ1) is 11.5. The van der Waals surface area contributed by atoms with Gasteiger partial charge in [0.15, 0.2) is 6.29 Å². The number of carbonyl (C=O) groups is 1. The Hall–Kier alpha value is -0.540. The molecule has 0 amide bonds. The van der Waals surface area contributed by atoms with Crippen molar-refractivity contribution in [2.45, 2.75) is 6.42 Å². The van der Waals surface area contributed by atoms with Gasteiger partial charge in [-0.05, 0) is 24.6 Å². The van der Waals surface area contributed by atoms with Crippen LogP contribution >= 0.6 is 27.5 Å². The lowest BCUT2D eigenvalue weighted by Crippen LogP contribution is -2.00. The van der Waals surface area contributed by atoms with Crippen molar-refractivity contribution in [1.29, 1.82) is 0 Å². The zero-order valence-corrected chi connectivity index (χ0v) is 9.85. The quantitative estimate of drug-likeness (QED) is 0.469. The SMILES string of the molecule is O=Cc1cc(Cl)ccc1OCCCBr. The van der Waals surface area contributed by atoms with Crippen LogP contribution in [-0.4, -0.2) is 18.2 Å². The summed E-state index contributed by atoms with van der Waals surface area (Å²) in [7, 11) is 0. The van der Waals surface area contributed by atoms with Crippen LogP contribution in [0.1, 0.15) is 16.8 Å². The van der Waals surface area contributed by atoms with Crippen molar-refractivity contribution >= 4 is 33.8 Å². The van der Waals surface area contributed by atoms with Gasteiger partial charge in [-0.25, -0.2) is 0 Å². The van der Waals surface area contributed by atoms with Crippen LogP contribution in [0.15, 0.2) is 18.2 Å². The lowest BCUT2D eigenvalue weighted by molar-refractivity contribution is 0.111. The second-order valence-electron chi connectivity index (χ2n) is 2.69. The molecule has 0 bridgehead atoms. The van der Waals surface area contributed by atoms with Gasteiger partial charge in [-0.3, -0.25) is 4.79 Å². The molecule has 1 aromatic rings. The molecule has 2 nitrogen and oxygen atoms in total. The molecule has 76 valence electrons. The number of aldehydes is 1. The van der Waals surface area contributed by atoms with Crippen molar-refractivity contribution in [3.05, 3.63) is 28.8 Å². The topological polar surface area (TPSA) is 26.3 Å². The lowest BCUT2D eigenvalue weighted by Gasteiger charge is -2.07. The highest BCUT2D eigenvalue weighted by Crippen LogP contribution is 2.21. The summed E-state index contributed by atoms with van der Waals surface area (Å²) in [6.07, 6.45) is 1.65. The van der Waals surface area contributed by atoms with Crippen LogP contribution in [0.4, 0.5) is 0 Å². The zero-order chi connectivity index (χ0) is 10.4. The lowest BCUT2D eigenvalue weighted by atomic mass is 10.2. The maximum Gasteiger partial charge on any atom is 0.153 e. The number of halogens is 2. The smallest absolute Gasteiger partial charge is 0.153 e. The van der Waals surface area contributed by atoms with E-state index in [1.54, 1.807) is 18.2 Å². The summed E-state index contributed by atoms with van der Waals surface area (Å²) < 4.78 is 5.40. The van der Waals surface area contributed by atoms with E-state index in [9.17, 15) is 4.79 Å². The van der Waals surface area contributed by atoms with E-state index >= 15 is 0 Å². The van der Waals surface area contributed by atoms with E-state index in [1.807, 2.05) is 0 Å². The summed E-state index contributed by atoms with van der Waals surface area (Å²) in [4.78, 5) is 10.7. The van der Waals surface area contributed by atoms with Crippen LogP contribution in [0.2, 0.25) is 5.02 Å². The second-order valence-corrected chi connectivity index (χ2v) is 3.92. The third kappa shape index (κ3) is 3.31. The Kier molecular flexibility index (Phi) is 4.98. The zero-order valence-electron chi connectivity index (χ0n) is 7.50. The molecule has 0 aliphatic carbocycles. The third-order valence-corrected chi connectivity index (χ3v) is 2.43. The summed E-state index contributed by atoms with van der Waals surface area (Å²) in [5, 5.41) is 1.43. The van der Waals surface area contributed by atoms with Gasteiger partial charge in [0, 0.05) is 10.4 Å². The van der Waals surface area contributed by atoms with Gasteiger partial charge in [-0.15, -0.1) is 0 Å². The van der Waals surface area contributed by atoms with Crippen molar-refractivity contribution in [3.8, 4) is 5.75 Å². The summed E-state index contributed by atoms with van der Waals surface area (Å²) in [6.45, 7) is 0.591. The molecule has 14 heavy (non-hydrogen) atoms. The Balaban J connectivity index is 2.70. The van der Waals surface area contributed by atoms with Crippen LogP contribution in [0.3, 0.4) is 0 Å². The maximum atomic E-state index is 10.7. The number of rotatable bonds is 5. The van der Waals surface area contributed by atoms with Crippen molar-refractivity contribution in [2.75, 3.05) is 11.9 Å². The Morgan fingerprint density at radius 1 is 1.50 bits per heavy atom. The molecule has 1 rings (SSSR count). The highest BCUT2D eigenvalue weighted by Gasteiger charge is 2.02. The molecule has 0 aliphatic rings. The van der Waals surface area contributed by atoms with Gasteiger partial charge < -0.3 is 4.74 Å². The molecular weight excluding hydrogens is 267 g/mol. The number of hydrogen-bond donors (Lipinski definition) is 0. The molecule has 0 radical (unpaired) electrons. The van der Waals surface area contributed by atoms with Crippen LogP contribution in [-0.2, 0) is 0 Å². The number of carbonyl (C=O) groups excluding carboxylic acids is 1. The first-order chi connectivity index (χ1) is 6.77. The largest absolute Gasteiger partial charge is 0.493 e. The molecule has 0 saturated carbocycles. The van der Waals surface area contributed by atoms with Crippen molar-refractivity contribution in [3.63, 3.8) is 0 Å². The van der Waals surface area contributed by atoms with Gasteiger partial charge in [-0.2, -0.15) is 0 Å². The predicted molar refractivity (Wildman–Crippen MR) is 60.7 cm³/mol. The van der Waals surface area contributed by atoms with Crippen LogP contribution in [0, 0.1) is 0 Å². The Labute approximate surface area is 96.3 Å². The average Bonchev–Trinajstić information content (AvgIpc) is 2.20. The minimum absolute atomic E-state index is 0.493. The number of ether oxygens (including phenoxy) is 1. The van der Waals surface area contributed by atoms with Gasteiger partial charge in [0.05, 0.1) is 12.2 Å². The van der Waals surface area contributed by atoms with Gasteiger partial charge in [0.2, 0.25) is 0 Å². The van der Waals surface area contributed by atoms with E-state index in [0.717, 1.165) is 18.0 Å². The van der Waals surface area contributed by atoms with E-state index in [4.69, 9.17) is 16.3 Å². The van der Waals surface area contributed by atoms with Gasteiger partial charge in [0.1, 0.15) is 5.75 Å². The van der Waals surface area contributed by atoms with Crippen molar-refractivity contribution in [1.82, 2.24) is 0 Å². The molecular formula is C10H10BrClO2. The molecule has 0 spiro atoms. The third-order valence-electron chi connectivity index (χ3n) is 1.63. The van der Waals surface area contributed by atoms with Gasteiger partial charge in [-0.1, -0.05) is 27.5 Å². The molecule has 4 heteroatoms. The fraction of sp³-hybridized carbons (Fsp3) is 0.300. The number of hydrogen-bond acceptors (Lipinski definition) is 2. The fourth-order valence-corrected chi connectivity index (χ4v) is 1.39. The van der Waals surface area contributed by atoms with E-state index < -0.39 is 0 Å². The van der Waals surface area contributed by atoms with Gasteiger partial charge in [0.25, 0.3) is 0 Å². The van der Waals surface area contributed by atoms with E-state index in [-0.39, 0.29) is 0 Å². The monoisotopic (exact) mass is 276 g/mol. The van der Waals surface area contributed by atoms with Crippen LogP contribution < -0.4 is 4.74 Å². The Morgan fingerprint density at radius 3 is 2.93 bits per heavy atom. The maximum absolute atomic E-state index is 10.7. The molecule has 0 aromatic heterocycles.